The quantitative estimate of drug-likeness (QED) is 0.409. The van der Waals surface area contributed by atoms with Crippen LogP contribution in [0.25, 0.3) is 22.8 Å². The molecular weight excluding hydrogens is 326 g/mol. The zero-order valence-electron chi connectivity index (χ0n) is 14.4. The van der Waals surface area contributed by atoms with Crippen LogP contribution in [0.1, 0.15) is 11.5 Å². The van der Waals surface area contributed by atoms with Crippen LogP contribution in [-0.2, 0) is 0 Å². The van der Waals surface area contributed by atoms with Crippen molar-refractivity contribution in [2.24, 2.45) is 0 Å². The fraction of sp³-hybridized carbons (Fsp3) is 0.100. The molecule has 6 heteroatoms. The molecule has 6 nitrogen and oxygen atoms in total. The summed E-state index contributed by atoms with van der Waals surface area (Å²) < 4.78 is 7.13. The molecule has 3 aromatic heterocycles. The van der Waals surface area contributed by atoms with Crippen LogP contribution in [0.3, 0.4) is 0 Å². The van der Waals surface area contributed by atoms with Crippen molar-refractivity contribution in [3.8, 4) is 5.69 Å². The van der Waals surface area contributed by atoms with Gasteiger partial charge in [-0.25, -0.2) is 15.1 Å². The smallest absolute Gasteiger partial charge is 0.165 e. The van der Waals surface area contributed by atoms with E-state index in [9.17, 15) is 0 Å². The molecule has 130 valence electrons. The van der Waals surface area contributed by atoms with E-state index >= 15 is 0 Å². The minimum atomic E-state index is 0.649. The Bertz CT molecular complexity index is 1020. The first kappa shape index (κ1) is 16.1. The molecule has 4 aromatic rings. The van der Waals surface area contributed by atoms with Gasteiger partial charge in [0.05, 0.1) is 28.7 Å². The minimum absolute atomic E-state index is 0.649. The zero-order chi connectivity index (χ0) is 17.8. The summed E-state index contributed by atoms with van der Waals surface area (Å²) in [6.07, 6.45) is 7.36. The highest BCUT2D eigenvalue weighted by Gasteiger charge is 2.13. The van der Waals surface area contributed by atoms with Gasteiger partial charge in [-0.1, -0.05) is 24.3 Å². The first-order valence-corrected chi connectivity index (χ1v) is 8.41. The molecule has 0 unspecified atom stereocenters. The third kappa shape index (κ3) is 3.22. The van der Waals surface area contributed by atoms with E-state index in [1.165, 1.54) is 0 Å². The number of hydrogen-bond acceptors (Lipinski definition) is 5. The number of anilines is 1. The maximum atomic E-state index is 5.26. The molecule has 0 atom stereocenters. The summed E-state index contributed by atoms with van der Waals surface area (Å²) in [4.78, 5) is 4.52. The van der Waals surface area contributed by atoms with Crippen molar-refractivity contribution < 1.29 is 4.42 Å². The fourth-order valence-electron chi connectivity index (χ4n) is 2.84. The summed E-state index contributed by atoms with van der Waals surface area (Å²) in [5.74, 6) is 0.832. The van der Waals surface area contributed by atoms with Gasteiger partial charge in [0.15, 0.2) is 5.65 Å². The topological polar surface area (TPSA) is 67.9 Å². The van der Waals surface area contributed by atoms with Gasteiger partial charge in [-0.3, -0.25) is 0 Å². The number of aromatic nitrogens is 3. The molecule has 0 amide bonds. The summed E-state index contributed by atoms with van der Waals surface area (Å²) >= 11 is 0. The third-order valence-electron chi connectivity index (χ3n) is 4.01. The number of para-hydroxylation sites is 1. The van der Waals surface area contributed by atoms with Crippen LogP contribution in [0.5, 0.6) is 0 Å². The van der Waals surface area contributed by atoms with E-state index in [0.29, 0.717) is 6.54 Å². The molecule has 26 heavy (non-hydrogen) atoms. The normalized spacial score (nSPS) is 11.4. The molecular formula is C20H19N5O. The van der Waals surface area contributed by atoms with Crippen molar-refractivity contribution in [1.29, 1.82) is 0 Å². The van der Waals surface area contributed by atoms with Crippen LogP contribution in [0, 0.1) is 6.92 Å². The Morgan fingerprint density at radius 2 is 2.00 bits per heavy atom. The van der Waals surface area contributed by atoms with Gasteiger partial charge in [0, 0.05) is 12.7 Å². The van der Waals surface area contributed by atoms with Crippen LogP contribution < -0.4 is 10.9 Å². The van der Waals surface area contributed by atoms with Crippen LogP contribution >= 0.6 is 0 Å². The van der Waals surface area contributed by atoms with Crippen molar-refractivity contribution in [3.63, 3.8) is 0 Å². The molecule has 0 aliphatic rings. The van der Waals surface area contributed by atoms with Crippen LogP contribution in [0.2, 0.25) is 0 Å². The van der Waals surface area contributed by atoms with Gasteiger partial charge in [0.2, 0.25) is 0 Å². The standard InChI is InChI=1S/C20H19N5O/c1-15-19-18(23-22-12-5-9-17-10-6-14-26-17)11-13-21-20(19)25(24-15)16-7-3-2-4-8-16/h2-11,13-14,22H,12H2,1H3,(H,21,23)/b9-5+. The highest BCUT2D eigenvalue weighted by Crippen LogP contribution is 2.26. The van der Waals surface area contributed by atoms with Gasteiger partial charge in [0.25, 0.3) is 0 Å². The monoisotopic (exact) mass is 345 g/mol. The highest BCUT2D eigenvalue weighted by molar-refractivity contribution is 5.92. The maximum Gasteiger partial charge on any atom is 0.165 e. The van der Waals surface area contributed by atoms with Crippen molar-refractivity contribution in [3.05, 3.63) is 78.5 Å². The van der Waals surface area contributed by atoms with E-state index in [-0.39, 0.29) is 0 Å². The maximum absolute atomic E-state index is 5.26. The second-order valence-corrected chi connectivity index (χ2v) is 5.81. The number of fused-ring (bicyclic) bond motifs is 1. The van der Waals surface area contributed by atoms with Crippen molar-refractivity contribution in [2.45, 2.75) is 6.92 Å². The average Bonchev–Trinajstić information content (AvgIpc) is 3.31. The second kappa shape index (κ2) is 7.25. The summed E-state index contributed by atoms with van der Waals surface area (Å²) in [7, 11) is 0. The Morgan fingerprint density at radius 3 is 2.81 bits per heavy atom. The molecule has 0 aliphatic heterocycles. The minimum Gasteiger partial charge on any atom is -0.465 e. The molecule has 0 radical (unpaired) electrons. The molecule has 1 aromatic carbocycles. The van der Waals surface area contributed by atoms with Crippen LogP contribution in [0.15, 0.2) is 71.5 Å². The number of aryl methyl sites for hydroxylation is 1. The molecule has 0 spiro atoms. The predicted molar refractivity (Wildman–Crippen MR) is 103 cm³/mol. The number of rotatable bonds is 6. The number of nitrogens with one attached hydrogen (secondary N) is 2. The number of furan rings is 1. The summed E-state index contributed by atoms with van der Waals surface area (Å²) in [5, 5.41) is 5.66. The first-order valence-electron chi connectivity index (χ1n) is 8.41. The van der Waals surface area contributed by atoms with Gasteiger partial charge in [-0.2, -0.15) is 5.10 Å². The molecule has 3 heterocycles. The van der Waals surface area contributed by atoms with E-state index in [1.807, 2.05) is 72.3 Å². The number of nitrogens with zero attached hydrogens (tertiary/aromatic N) is 3. The number of hydrogen-bond donors (Lipinski definition) is 2. The Kier molecular flexibility index (Phi) is 4.49. The Labute approximate surface area is 151 Å². The van der Waals surface area contributed by atoms with Crippen LogP contribution in [0.4, 0.5) is 5.69 Å². The number of hydrazine groups is 1. The molecule has 0 bridgehead atoms. The molecule has 4 rings (SSSR count). The zero-order valence-corrected chi connectivity index (χ0v) is 14.4. The van der Waals surface area contributed by atoms with Crippen LogP contribution in [-0.4, -0.2) is 21.3 Å². The Hall–Kier alpha value is -3.38. The third-order valence-corrected chi connectivity index (χ3v) is 4.01. The first-order chi connectivity index (χ1) is 12.8. The number of benzene rings is 1. The van der Waals surface area contributed by atoms with Gasteiger partial charge < -0.3 is 9.84 Å². The van der Waals surface area contributed by atoms with E-state index in [4.69, 9.17) is 4.42 Å². The van der Waals surface area contributed by atoms with Gasteiger partial charge >= 0.3 is 0 Å². The SMILES string of the molecule is Cc1nn(-c2ccccc2)c2nccc(NNC/C=C/c3ccco3)c12. The predicted octanol–water partition coefficient (Wildman–Crippen LogP) is 3.95. The summed E-state index contributed by atoms with van der Waals surface area (Å²) in [6, 6.07) is 15.7. The van der Waals surface area contributed by atoms with Gasteiger partial charge in [-0.05, 0) is 43.3 Å². The molecule has 2 N–H and O–H groups in total. The average molecular weight is 345 g/mol. The van der Waals surface area contributed by atoms with Gasteiger partial charge in [-0.15, -0.1) is 0 Å². The number of pyridine rings is 1. The lowest BCUT2D eigenvalue weighted by Gasteiger charge is -2.08. The van der Waals surface area contributed by atoms with E-state index < -0.39 is 0 Å². The fourth-order valence-corrected chi connectivity index (χ4v) is 2.84. The second-order valence-electron chi connectivity index (χ2n) is 5.81. The lowest BCUT2D eigenvalue weighted by atomic mass is 10.2. The van der Waals surface area contributed by atoms with Crippen molar-refractivity contribution in [1.82, 2.24) is 20.2 Å². The van der Waals surface area contributed by atoms with Crippen molar-refractivity contribution in [2.75, 3.05) is 12.0 Å². The highest BCUT2D eigenvalue weighted by atomic mass is 16.3. The van der Waals surface area contributed by atoms with E-state index in [1.54, 1.807) is 12.5 Å². The molecule has 0 fully saturated rings. The molecule has 0 aliphatic carbocycles. The largest absolute Gasteiger partial charge is 0.465 e. The van der Waals surface area contributed by atoms with Gasteiger partial charge in [0.1, 0.15) is 5.76 Å². The van der Waals surface area contributed by atoms with Crippen molar-refractivity contribution >= 4 is 22.8 Å². The summed E-state index contributed by atoms with van der Waals surface area (Å²) in [6.45, 7) is 2.64. The van der Waals surface area contributed by atoms with E-state index in [0.717, 1.165) is 33.9 Å². The lowest BCUT2D eigenvalue weighted by molar-refractivity contribution is 0.557. The summed E-state index contributed by atoms with van der Waals surface area (Å²) in [5.41, 5.74) is 10.1. The Balaban J connectivity index is 1.54. The lowest BCUT2D eigenvalue weighted by Crippen LogP contribution is -2.21. The Morgan fingerprint density at radius 1 is 1.12 bits per heavy atom. The van der Waals surface area contributed by atoms with E-state index in [2.05, 4.69) is 20.9 Å². The molecule has 0 saturated heterocycles. The molecule has 0 saturated carbocycles.